The van der Waals surface area contributed by atoms with Crippen molar-refractivity contribution in [2.45, 2.75) is 46.2 Å². The maximum Gasteiger partial charge on any atom is 0.304 e. The third-order valence-electron chi connectivity index (χ3n) is 6.13. The number of hydrogen-bond donors (Lipinski definition) is 1. The Balaban J connectivity index is 1.48. The Bertz CT molecular complexity index is 1240. The quantitative estimate of drug-likeness (QED) is 0.216. The van der Waals surface area contributed by atoms with Gasteiger partial charge in [0.1, 0.15) is 0 Å². The number of aromatic nitrogens is 1. The number of carbonyl (C=O) groups is 1. The molecule has 1 saturated heterocycles. The summed E-state index contributed by atoms with van der Waals surface area (Å²) in [5.41, 5.74) is 3.84. The molecular formula is C26H30BrN5O3. The van der Waals surface area contributed by atoms with Gasteiger partial charge in [-0.2, -0.15) is 0 Å². The van der Waals surface area contributed by atoms with Crippen molar-refractivity contribution in [3.63, 3.8) is 0 Å². The first-order valence-corrected chi connectivity index (χ1v) is 12.6. The summed E-state index contributed by atoms with van der Waals surface area (Å²) < 4.78 is 2.68. The lowest BCUT2D eigenvalue weighted by Crippen LogP contribution is -2.27. The van der Waals surface area contributed by atoms with Gasteiger partial charge in [0.2, 0.25) is 5.88 Å². The molecule has 8 nitrogen and oxygen atoms in total. The Morgan fingerprint density at radius 3 is 2.51 bits per heavy atom. The zero-order valence-electron chi connectivity index (χ0n) is 20.1. The van der Waals surface area contributed by atoms with Crippen molar-refractivity contribution in [2.75, 3.05) is 19.7 Å². The minimum atomic E-state index is -0.590. The molecule has 35 heavy (non-hydrogen) atoms. The molecule has 9 heteroatoms. The number of benzene rings is 2. The van der Waals surface area contributed by atoms with Crippen LogP contribution in [0.5, 0.6) is 5.88 Å². The number of carbonyl (C=O) groups excluding carboxylic acids is 1. The molecule has 2 heterocycles. The van der Waals surface area contributed by atoms with Crippen LogP contribution in [-0.4, -0.2) is 45.9 Å². The standard InChI is InChI=1S/C26H30BrN5O3/c1-18-7-9-20(10-8-18)19(2)30-35-16-24(33)28-29-25-22-15-21(27)11-12-23(22)32(26(25)34)17-31-13-5-3-4-6-14-31/h7-12,15,34H,3-6,13-14,16-17H2,1-2H3/b29-28?,30-19-. The van der Waals surface area contributed by atoms with Gasteiger partial charge in [0.25, 0.3) is 0 Å². The molecule has 0 radical (unpaired) electrons. The molecule has 3 aromatic rings. The molecule has 0 aliphatic carbocycles. The minimum Gasteiger partial charge on any atom is -0.493 e. The Morgan fingerprint density at radius 1 is 1.09 bits per heavy atom. The molecule has 4 rings (SSSR count). The first kappa shape index (κ1) is 25.1. The number of azo groups is 1. The molecule has 1 aromatic heterocycles. The summed E-state index contributed by atoms with van der Waals surface area (Å²) in [6.07, 6.45) is 4.77. The van der Waals surface area contributed by atoms with Gasteiger partial charge in [-0.15, -0.1) is 10.2 Å². The van der Waals surface area contributed by atoms with Crippen molar-refractivity contribution in [3.8, 4) is 5.88 Å². The summed E-state index contributed by atoms with van der Waals surface area (Å²) in [5, 5.41) is 23.6. The van der Waals surface area contributed by atoms with E-state index < -0.39 is 5.91 Å². The fourth-order valence-corrected chi connectivity index (χ4v) is 4.54. The number of oxime groups is 1. The van der Waals surface area contributed by atoms with Gasteiger partial charge in [-0.25, -0.2) is 0 Å². The minimum absolute atomic E-state index is 0.00643. The van der Waals surface area contributed by atoms with E-state index in [0.29, 0.717) is 12.4 Å². The molecule has 1 N–H and O–H groups in total. The average Bonchev–Trinajstić information content (AvgIpc) is 2.99. The van der Waals surface area contributed by atoms with Gasteiger partial charge in [-0.05, 0) is 63.5 Å². The highest BCUT2D eigenvalue weighted by Crippen LogP contribution is 2.40. The normalized spacial score (nSPS) is 15.6. The van der Waals surface area contributed by atoms with Gasteiger partial charge >= 0.3 is 5.91 Å². The Kier molecular flexibility index (Phi) is 8.30. The third kappa shape index (κ3) is 6.35. The van der Waals surface area contributed by atoms with Crippen LogP contribution in [0.4, 0.5) is 5.69 Å². The number of fused-ring (bicyclic) bond motifs is 1. The van der Waals surface area contributed by atoms with Gasteiger partial charge in [0.05, 0.1) is 17.9 Å². The monoisotopic (exact) mass is 539 g/mol. The summed E-state index contributed by atoms with van der Waals surface area (Å²) in [7, 11) is 0. The highest BCUT2D eigenvalue weighted by Gasteiger charge is 2.20. The topological polar surface area (TPSA) is 91.8 Å². The van der Waals surface area contributed by atoms with Crippen molar-refractivity contribution in [2.24, 2.45) is 15.4 Å². The van der Waals surface area contributed by atoms with Crippen molar-refractivity contribution >= 4 is 44.1 Å². The predicted molar refractivity (Wildman–Crippen MR) is 140 cm³/mol. The number of rotatable bonds is 7. The Hall–Kier alpha value is -3.04. The lowest BCUT2D eigenvalue weighted by Gasteiger charge is -2.21. The van der Waals surface area contributed by atoms with Crippen LogP contribution in [0.25, 0.3) is 10.9 Å². The van der Waals surface area contributed by atoms with Crippen molar-refractivity contribution in [1.29, 1.82) is 0 Å². The van der Waals surface area contributed by atoms with Crippen LogP contribution in [0.3, 0.4) is 0 Å². The number of aromatic hydroxyl groups is 1. The third-order valence-corrected chi connectivity index (χ3v) is 6.63. The Labute approximate surface area is 213 Å². The van der Waals surface area contributed by atoms with Gasteiger partial charge in [0.15, 0.2) is 12.3 Å². The molecule has 1 aliphatic rings. The molecule has 0 unspecified atom stereocenters. The number of aryl methyl sites for hydroxylation is 1. The molecule has 2 aromatic carbocycles. The molecule has 0 atom stereocenters. The van der Waals surface area contributed by atoms with Crippen molar-refractivity contribution in [3.05, 3.63) is 58.1 Å². The lowest BCUT2D eigenvalue weighted by atomic mass is 10.1. The molecule has 1 aliphatic heterocycles. The summed E-state index contributed by atoms with van der Waals surface area (Å²) in [6.45, 7) is 6.02. The number of halogens is 1. The zero-order valence-corrected chi connectivity index (χ0v) is 21.7. The van der Waals surface area contributed by atoms with Crippen molar-refractivity contribution in [1.82, 2.24) is 9.47 Å². The first-order chi connectivity index (χ1) is 16.9. The number of likely N-dealkylation sites (tertiary alicyclic amines) is 1. The van der Waals surface area contributed by atoms with E-state index in [0.717, 1.165) is 52.4 Å². The van der Waals surface area contributed by atoms with Crippen LogP contribution in [0.2, 0.25) is 0 Å². The van der Waals surface area contributed by atoms with Crippen LogP contribution in [0.1, 0.15) is 43.7 Å². The summed E-state index contributed by atoms with van der Waals surface area (Å²) in [4.78, 5) is 19.8. The highest BCUT2D eigenvalue weighted by molar-refractivity contribution is 9.10. The fraction of sp³-hybridized carbons (Fsp3) is 0.385. The molecular weight excluding hydrogens is 510 g/mol. The molecule has 1 amide bonds. The maximum absolute atomic E-state index is 12.3. The van der Waals surface area contributed by atoms with Gasteiger partial charge < -0.3 is 9.94 Å². The number of hydrogen-bond acceptors (Lipinski definition) is 6. The van der Waals surface area contributed by atoms with Crippen LogP contribution in [0.15, 0.2) is 62.3 Å². The molecule has 184 valence electrons. The SMILES string of the molecule is C/C(=N/OCC(=O)N=Nc1c(O)n(CN2CCCCCC2)c2ccc(Br)cc12)c1ccc(C)cc1. The molecule has 0 bridgehead atoms. The Morgan fingerprint density at radius 2 is 1.80 bits per heavy atom. The predicted octanol–water partition coefficient (Wildman–Crippen LogP) is 6.30. The lowest BCUT2D eigenvalue weighted by molar-refractivity contribution is -0.122. The second-order valence-corrected chi connectivity index (χ2v) is 9.76. The molecule has 1 fully saturated rings. The first-order valence-electron chi connectivity index (χ1n) is 11.8. The van der Waals surface area contributed by atoms with Crippen LogP contribution in [-0.2, 0) is 16.3 Å². The van der Waals surface area contributed by atoms with E-state index >= 15 is 0 Å². The summed E-state index contributed by atoms with van der Waals surface area (Å²) >= 11 is 3.48. The van der Waals surface area contributed by atoms with E-state index in [9.17, 15) is 9.90 Å². The van der Waals surface area contributed by atoms with Crippen LogP contribution >= 0.6 is 15.9 Å². The second-order valence-electron chi connectivity index (χ2n) is 8.85. The average molecular weight is 540 g/mol. The summed E-state index contributed by atoms with van der Waals surface area (Å²) in [6, 6.07) is 13.6. The zero-order chi connectivity index (χ0) is 24.8. The van der Waals surface area contributed by atoms with E-state index in [-0.39, 0.29) is 18.2 Å². The van der Waals surface area contributed by atoms with Crippen molar-refractivity contribution < 1.29 is 14.7 Å². The molecule has 0 saturated carbocycles. The number of nitrogens with zero attached hydrogens (tertiary/aromatic N) is 5. The van der Waals surface area contributed by atoms with Gasteiger partial charge in [-0.3, -0.25) is 14.3 Å². The van der Waals surface area contributed by atoms with E-state index in [1.807, 2.05) is 60.9 Å². The van der Waals surface area contributed by atoms with E-state index in [1.165, 1.54) is 12.8 Å². The van der Waals surface area contributed by atoms with E-state index in [1.54, 1.807) is 0 Å². The number of amides is 1. The van der Waals surface area contributed by atoms with Gasteiger partial charge in [-0.1, -0.05) is 63.8 Å². The van der Waals surface area contributed by atoms with E-state index in [2.05, 4.69) is 36.2 Å². The van der Waals surface area contributed by atoms with Gasteiger partial charge in [0, 0.05) is 9.86 Å². The van der Waals surface area contributed by atoms with Crippen LogP contribution < -0.4 is 0 Å². The fourth-order valence-electron chi connectivity index (χ4n) is 4.18. The summed E-state index contributed by atoms with van der Waals surface area (Å²) in [5.74, 6) is -0.596. The molecule has 0 spiro atoms. The second kappa shape index (κ2) is 11.6. The highest BCUT2D eigenvalue weighted by atomic mass is 79.9. The largest absolute Gasteiger partial charge is 0.493 e. The van der Waals surface area contributed by atoms with E-state index in [4.69, 9.17) is 4.84 Å². The smallest absolute Gasteiger partial charge is 0.304 e. The maximum atomic E-state index is 12.3. The van der Waals surface area contributed by atoms with Crippen LogP contribution in [0, 0.1) is 6.92 Å².